The predicted octanol–water partition coefficient (Wildman–Crippen LogP) is 4.67. The summed E-state index contributed by atoms with van der Waals surface area (Å²) in [4.78, 5) is 0. The molecule has 19 heavy (non-hydrogen) atoms. The van der Waals surface area contributed by atoms with E-state index in [1.807, 2.05) is 6.07 Å². The molecule has 0 bridgehead atoms. The number of nitrogens with one attached hydrogen (secondary N) is 1. The summed E-state index contributed by atoms with van der Waals surface area (Å²) >= 11 is 3.49. The smallest absolute Gasteiger partial charge is 0.174 e. The first-order valence-electron chi connectivity index (χ1n) is 6.58. The standard InChI is InChI=1S/C16H20BrNO/c1-5-18-15(13-6-7-19-16(13)17)14-9-11(3)10(2)8-12(14)4/h6-9,15,18H,5H2,1-4H3. The van der Waals surface area contributed by atoms with Gasteiger partial charge in [-0.05, 0) is 71.6 Å². The zero-order chi connectivity index (χ0) is 14.0. The van der Waals surface area contributed by atoms with Crippen LogP contribution in [-0.2, 0) is 0 Å². The number of halogens is 1. The number of furan rings is 1. The molecule has 1 heterocycles. The Kier molecular flexibility index (Phi) is 4.48. The lowest BCUT2D eigenvalue weighted by molar-refractivity contribution is 0.526. The van der Waals surface area contributed by atoms with Gasteiger partial charge in [-0.1, -0.05) is 19.1 Å². The van der Waals surface area contributed by atoms with Crippen LogP contribution < -0.4 is 5.32 Å². The Morgan fingerprint density at radius 3 is 2.37 bits per heavy atom. The number of rotatable bonds is 4. The third-order valence-corrected chi connectivity index (χ3v) is 4.20. The van der Waals surface area contributed by atoms with Crippen LogP contribution in [0.1, 0.15) is 40.8 Å². The van der Waals surface area contributed by atoms with E-state index in [4.69, 9.17) is 4.42 Å². The Morgan fingerprint density at radius 2 is 1.79 bits per heavy atom. The summed E-state index contributed by atoms with van der Waals surface area (Å²) in [5.74, 6) is 0. The van der Waals surface area contributed by atoms with Crippen LogP contribution in [0.15, 0.2) is 33.5 Å². The first-order valence-corrected chi connectivity index (χ1v) is 7.38. The molecule has 1 N–H and O–H groups in total. The minimum Gasteiger partial charge on any atom is -0.457 e. The van der Waals surface area contributed by atoms with E-state index in [0.29, 0.717) is 0 Å². The molecular formula is C16H20BrNO. The Balaban J connectivity index is 2.51. The molecule has 0 aliphatic heterocycles. The van der Waals surface area contributed by atoms with Crippen molar-refractivity contribution in [3.63, 3.8) is 0 Å². The van der Waals surface area contributed by atoms with Crippen molar-refractivity contribution in [1.29, 1.82) is 0 Å². The summed E-state index contributed by atoms with van der Waals surface area (Å²) in [6, 6.07) is 6.71. The fourth-order valence-corrected chi connectivity index (χ4v) is 2.86. The second-order valence-corrected chi connectivity index (χ2v) is 5.65. The van der Waals surface area contributed by atoms with E-state index >= 15 is 0 Å². The van der Waals surface area contributed by atoms with Crippen LogP contribution in [0.5, 0.6) is 0 Å². The maximum absolute atomic E-state index is 5.38. The van der Waals surface area contributed by atoms with Gasteiger partial charge in [0.2, 0.25) is 0 Å². The maximum Gasteiger partial charge on any atom is 0.174 e. The lowest BCUT2D eigenvalue weighted by atomic mass is 9.93. The molecule has 0 amide bonds. The lowest BCUT2D eigenvalue weighted by Crippen LogP contribution is -2.23. The van der Waals surface area contributed by atoms with Crippen molar-refractivity contribution in [1.82, 2.24) is 5.32 Å². The molecule has 3 heteroatoms. The predicted molar refractivity (Wildman–Crippen MR) is 82.6 cm³/mol. The summed E-state index contributed by atoms with van der Waals surface area (Å²) < 4.78 is 6.19. The van der Waals surface area contributed by atoms with E-state index in [2.05, 4.69) is 61.1 Å². The first-order chi connectivity index (χ1) is 9.04. The summed E-state index contributed by atoms with van der Waals surface area (Å²) in [5.41, 5.74) is 6.42. The van der Waals surface area contributed by atoms with E-state index in [1.54, 1.807) is 6.26 Å². The number of benzene rings is 1. The first kappa shape index (κ1) is 14.4. The zero-order valence-electron chi connectivity index (χ0n) is 11.9. The molecule has 1 unspecified atom stereocenters. The maximum atomic E-state index is 5.38. The van der Waals surface area contributed by atoms with Gasteiger partial charge >= 0.3 is 0 Å². The average Bonchev–Trinajstić information content (AvgIpc) is 2.77. The van der Waals surface area contributed by atoms with E-state index in [-0.39, 0.29) is 6.04 Å². The second kappa shape index (κ2) is 5.93. The number of aryl methyl sites for hydroxylation is 3. The van der Waals surface area contributed by atoms with Gasteiger partial charge in [-0.3, -0.25) is 0 Å². The van der Waals surface area contributed by atoms with Crippen molar-refractivity contribution >= 4 is 15.9 Å². The fraction of sp³-hybridized carbons (Fsp3) is 0.375. The highest BCUT2D eigenvalue weighted by atomic mass is 79.9. The topological polar surface area (TPSA) is 25.2 Å². The van der Waals surface area contributed by atoms with Gasteiger partial charge in [-0.15, -0.1) is 0 Å². The summed E-state index contributed by atoms with van der Waals surface area (Å²) in [5, 5.41) is 3.54. The minimum absolute atomic E-state index is 0.164. The van der Waals surface area contributed by atoms with E-state index < -0.39 is 0 Å². The molecular weight excluding hydrogens is 302 g/mol. The van der Waals surface area contributed by atoms with Gasteiger partial charge in [0, 0.05) is 5.56 Å². The van der Waals surface area contributed by atoms with E-state index in [1.165, 1.54) is 22.3 Å². The molecule has 1 aromatic carbocycles. The van der Waals surface area contributed by atoms with Crippen molar-refractivity contribution in [2.75, 3.05) is 6.54 Å². The third-order valence-electron chi connectivity index (χ3n) is 3.56. The molecule has 2 nitrogen and oxygen atoms in total. The highest BCUT2D eigenvalue weighted by Gasteiger charge is 2.20. The van der Waals surface area contributed by atoms with E-state index in [9.17, 15) is 0 Å². The van der Waals surface area contributed by atoms with Crippen molar-refractivity contribution in [2.45, 2.75) is 33.7 Å². The van der Waals surface area contributed by atoms with Crippen molar-refractivity contribution in [2.24, 2.45) is 0 Å². The monoisotopic (exact) mass is 321 g/mol. The van der Waals surface area contributed by atoms with Gasteiger partial charge in [0.1, 0.15) is 0 Å². The van der Waals surface area contributed by atoms with Crippen LogP contribution in [0, 0.1) is 20.8 Å². The van der Waals surface area contributed by atoms with Gasteiger partial charge in [-0.25, -0.2) is 0 Å². The Labute approximate surface area is 123 Å². The molecule has 0 saturated carbocycles. The highest BCUT2D eigenvalue weighted by molar-refractivity contribution is 9.10. The number of hydrogen-bond acceptors (Lipinski definition) is 2. The van der Waals surface area contributed by atoms with Crippen molar-refractivity contribution in [3.05, 3.63) is 56.9 Å². The zero-order valence-corrected chi connectivity index (χ0v) is 13.5. The normalized spacial score (nSPS) is 12.7. The average molecular weight is 322 g/mol. The lowest BCUT2D eigenvalue weighted by Gasteiger charge is -2.21. The molecule has 0 fully saturated rings. The second-order valence-electron chi connectivity index (χ2n) is 4.93. The molecule has 102 valence electrons. The molecule has 1 aromatic heterocycles. The molecule has 0 radical (unpaired) electrons. The summed E-state index contributed by atoms with van der Waals surface area (Å²) in [7, 11) is 0. The molecule has 0 saturated heterocycles. The Hall–Kier alpha value is -1.06. The van der Waals surface area contributed by atoms with Crippen LogP contribution in [0.3, 0.4) is 0 Å². The van der Waals surface area contributed by atoms with Crippen LogP contribution in [0.4, 0.5) is 0 Å². The molecule has 0 aliphatic rings. The molecule has 1 atom stereocenters. The molecule has 2 rings (SSSR count). The summed E-state index contributed by atoms with van der Waals surface area (Å²) in [6.45, 7) is 9.51. The van der Waals surface area contributed by atoms with Gasteiger partial charge in [0.15, 0.2) is 4.67 Å². The largest absolute Gasteiger partial charge is 0.457 e. The van der Waals surface area contributed by atoms with Gasteiger partial charge in [0.25, 0.3) is 0 Å². The van der Waals surface area contributed by atoms with Gasteiger partial charge in [0.05, 0.1) is 12.3 Å². The minimum atomic E-state index is 0.164. The van der Waals surface area contributed by atoms with Crippen LogP contribution in [0.2, 0.25) is 0 Å². The third kappa shape index (κ3) is 2.93. The Morgan fingerprint density at radius 1 is 1.11 bits per heavy atom. The van der Waals surface area contributed by atoms with Crippen molar-refractivity contribution < 1.29 is 4.42 Å². The number of hydrogen-bond donors (Lipinski definition) is 1. The molecule has 0 spiro atoms. The molecule has 2 aromatic rings. The molecule has 0 aliphatic carbocycles. The SMILES string of the molecule is CCNC(c1cc(C)c(C)cc1C)c1ccoc1Br. The van der Waals surface area contributed by atoms with Crippen LogP contribution in [-0.4, -0.2) is 6.54 Å². The fourth-order valence-electron chi connectivity index (χ4n) is 2.40. The van der Waals surface area contributed by atoms with Crippen molar-refractivity contribution in [3.8, 4) is 0 Å². The van der Waals surface area contributed by atoms with Crippen LogP contribution >= 0.6 is 15.9 Å². The van der Waals surface area contributed by atoms with E-state index in [0.717, 1.165) is 16.8 Å². The van der Waals surface area contributed by atoms with Gasteiger partial charge < -0.3 is 9.73 Å². The highest BCUT2D eigenvalue weighted by Crippen LogP contribution is 2.32. The summed E-state index contributed by atoms with van der Waals surface area (Å²) in [6.07, 6.45) is 1.72. The van der Waals surface area contributed by atoms with Crippen LogP contribution in [0.25, 0.3) is 0 Å². The Bertz CT molecular complexity index is 574. The quantitative estimate of drug-likeness (QED) is 0.885. The van der Waals surface area contributed by atoms with Gasteiger partial charge in [-0.2, -0.15) is 0 Å².